The van der Waals surface area contributed by atoms with E-state index in [4.69, 9.17) is 4.74 Å². The summed E-state index contributed by atoms with van der Waals surface area (Å²) in [5.74, 6) is 1.42. The van der Waals surface area contributed by atoms with E-state index in [2.05, 4.69) is 25.3 Å². The van der Waals surface area contributed by atoms with Gasteiger partial charge in [-0.1, -0.05) is 18.2 Å². The molecule has 0 spiro atoms. The Kier molecular flexibility index (Phi) is 8.21. The fourth-order valence-electron chi connectivity index (χ4n) is 2.36. The van der Waals surface area contributed by atoms with Crippen LogP contribution < -0.4 is 20.1 Å². The molecular formula is C19H27N5O3S. The predicted molar refractivity (Wildman–Crippen MR) is 110 cm³/mol. The third-order valence-electron chi connectivity index (χ3n) is 3.86. The molecule has 0 aliphatic carbocycles. The van der Waals surface area contributed by atoms with Gasteiger partial charge in [0.15, 0.2) is 5.96 Å². The van der Waals surface area contributed by atoms with Crippen molar-refractivity contribution in [2.45, 2.75) is 24.8 Å². The molecule has 8 nitrogen and oxygen atoms in total. The molecule has 1 aromatic carbocycles. The molecule has 0 saturated heterocycles. The maximum atomic E-state index is 12.1. The van der Waals surface area contributed by atoms with Gasteiger partial charge in [-0.3, -0.25) is 9.98 Å². The largest absolute Gasteiger partial charge is 0.489 e. The number of nitrogens with zero attached hydrogens (tertiary/aromatic N) is 2. The summed E-state index contributed by atoms with van der Waals surface area (Å²) in [6.45, 7) is 5.12. The number of pyridine rings is 1. The van der Waals surface area contributed by atoms with E-state index in [1.54, 1.807) is 13.1 Å². The molecule has 0 radical (unpaired) electrons. The van der Waals surface area contributed by atoms with Crippen molar-refractivity contribution in [2.24, 2.45) is 4.99 Å². The van der Waals surface area contributed by atoms with Gasteiger partial charge in [0.2, 0.25) is 10.0 Å². The second-order valence-corrected chi connectivity index (χ2v) is 7.93. The summed E-state index contributed by atoms with van der Waals surface area (Å²) in [5.41, 5.74) is 1.08. The van der Waals surface area contributed by atoms with Crippen LogP contribution in [0.25, 0.3) is 0 Å². The van der Waals surface area contributed by atoms with Gasteiger partial charge in [0.25, 0.3) is 0 Å². The highest BCUT2D eigenvalue weighted by Gasteiger charge is 2.13. The first kappa shape index (κ1) is 21.6. The molecule has 2 aromatic rings. The van der Waals surface area contributed by atoms with E-state index in [0.717, 1.165) is 11.3 Å². The first-order valence-electron chi connectivity index (χ1n) is 8.99. The molecule has 0 bridgehead atoms. The van der Waals surface area contributed by atoms with Gasteiger partial charge in [0.1, 0.15) is 16.7 Å². The van der Waals surface area contributed by atoms with Crippen molar-refractivity contribution in [3.63, 3.8) is 0 Å². The summed E-state index contributed by atoms with van der Waals surface area (Å²) >= 11 is 0. The zero-order valence-corrected chi connectivity index (χ0v) is 17.2. The van der Waals surface area contributed by atoms with Crippen molar-refractivity contribution in [2.75, 3.05) is 26.7 Å². The average Bonchev–Trinajstić information content (AvgIpc) is 2.70. The standard InChI is InChI=1S/C19H27N5O3S/c1-15-7-4-5-9-18(15)27-16(2)13-23-19(20-3)22-11-12-24-28(25,26)17-8-6-10-21-14-17/h4-10,14,16,24H,11-13H2,1-3H3,(H2,20,22,23). The second kappa shape index (κ2) is 10.6. The Morgan fingerprint density at radius 3 is 2.64 bits per heavy atom. The van der Waals surface area contributed by atoms with Gasteiger partial charge in [-0.05, 0) is 37.6 Å². The molecule has 28 heavy (non-hydrogen) atoms. The van der Waals surface area contributed by atoms with Crippen LogP contribution in [0.3, 0.4) is 0 Å². The summed E-state index contributed by atoms with van der Waals surface area (Å²) in [6, 6.07) is 10.9. The Bertz CT molecular complexity index is 872. The number of hydrogen-bond acceptors (Lipinski definition) is 5. The minimum absolute atomic E-state index is 0.0660. The number of ether oxygens (including phenoxy) is 1. The van der Waals surface area contributed by atoms with Crippen molar-refractivity contribution in [3.05, 3.63) is 54.4 Å². The van der Waals surface area contributed by atoms with Crippen LogP contribution in [0.1, 0.15) is 12.5 Å². The predicted octanol–water partition coefficient (Wildman–Crippen LogP) is 1.30. The zero-order chi connectivity index (χ0) is 20.4. The summed E-state index contributed by atoms with van der Waals surface area (Å²) in [4.78, 5) is 8.09. The highest BCUT2D eigenvalue weighted by Crippen LogP contribution is 2.17. The molecule has 0 amide bonds. The average molecular weight is 406 g/mol. The monoisotopic (exact) mass is 405 g/mol. The molecule has 3 N–H and O–H groups in total. The normalized spacial score (nSPS) is 13.0. The molecule has 0 aliphatic rings. The Morgan fingerprint density at radius 2 is 1.96 bits per heavy atom. The van der Waals surface area contributed by atoms with E-state index in [1.807, 2.05) is 38.1 Å². The van der Waals surface area contributed by atoms with Crippen LogP contribution in [0.5, 0.6) is 5.75 Å². The Labute approximate surface area is 166 Å². The number of benzene rings is 1. The number of rotatable bonds is 9. The van der Waals surface area contributed by atoms with Crippen molar-refractivity contribution in [3.8, 4) is 5.75 Å². The Balaban J connectivity index is 1.72. The molecule has 1 heterocycles. The molecule has 1 aromatic heterocycles. The topological polar surface area (TPSA) is 105 Å². The molecule has 1 atom stereocenters. The van der Waals surface area contributed by atoms with Crippen LogP contribution in [0.4, 0.5) is 0 Å². The molecule has 152 valence electrons. The summed E-state index contributed by atoms with van der Waals surface area (Å²) in [5, 5.41) is 6.23. The van der Waals surface area contributed by atoms with Crippen LogP contribution in [-0.4, -0.2) is 52.1 Å². The maximum absolute atomic E-state index is 12.1. The number of nitrogens with one attached hydrogen (secondary N) is 3. The molecule has 1 unspecified atom stereocenters. The van der Waals surface area contributed by atoms with Gasteiger partial charge in [-0.2, -0.15) is 0 Å². The van der Waals surface area contributed by atoms with Gasteiger partial charge in [0, 0.05) is 32.5 Å². The Morgan fingerprint density at radius 1 is 1.18 bits per heavy atom. The van der Waals surface area contributed by atoms with E-state index >= 15 is 0 Å². The minimum Gasteiger partial charge on any atom is -0.489 e. The number of aliphatic imine (C=N–C) groups is 1. The van der Waals surface area contributed by atoms with Crippen LogP contribution in [-0.2, 0) is 10.0 Å². The fraction of sp³-hybridized carbons (Fsp3) is 0.368. The van der Waals surface area contributed by atoms with Gasteiger partial charge in [-0.15, -0.1) is 0 Å². The van der Waals surface area contributed by atoms with E-state index < -0.39 is 10.0 Å². The van der Waals surface area contributed by atoms with Gasteiger partial charge < -0.3 is 15.4 Å². The number of aryl methyl sites for hydroxylation is 1. The number of sulfonamides is 1. The lowest BCUT2D eigenvalue weighted by molar-refractivity contribution is 0.222. The number of aromatic nitrogens is 1. The fourth-order valence-corrected chi connectivity index (χ4v) is 3.36. The lowest BCUT2D eigenvalue weighted by Crippen LogP contribution is -2.44. The second-order valence-electron chi connectivity index (χ2n) is 6.16. The van der Waals surface area contributed by atoms with Crippen molar-refractivity contribution in [1.82, 2.24) is 20.3 Å². The number of hydrogen-bond donors (Lipinski definition) is 3. The zero-order valence-electron chi connectivity index (χ0n) is 16.3. The van der Waals surface area contributed by atoms with Gasteiger partial charge in [0.05, 0.1) is 6.54 Å². The van der Waals surface area contributed by atoms with E-state index in [1.165, 1.54) is 18.5 Å². The molecule has 0 saturated carbocycles. The van der Waals surface area contributed by atoms with Crippen molar-refractivity contribution < 1.29 is 13.2 Å². The Hall–Kier alpha value is -2.65. The SMILES string of the molecule is CN=C(NCCNS(=O)(=O)c1cccnc1)NCC(C)Oc1ccccc1C. The van der Waals surface area contributed by atoms with Crippen molar-refractivity contribution in [1.29, 1.82) is 0 Å². The molecule has 0 fully saturated rings. The van der Waals surface area contributed by atoms with E-state index in [-0.39, 0.29) is 17.5 Å². The van der Waals surface area contributed by atoms with Gasteiger partial charge >= 0.3 is 0 Å². The molecule has 2 rings (SSSR count). The summed E-state index contributed by atoms with van der Waals surface area (Å²) in [7, 11) is -1.91. The molecule has 9 heteroatoms. The minimum atomic E-state index is -3.56. The highest BCUT2D eigenvalue weighted by atomic mass is 32.2. The van der Waals surface area contributed by atoms with Gasteiger partial charge in [-0.25, -0.2) is 13.1 Å². The number of guanidine groups is 1. The first-order chi connectivity index (χ1) is 13.4. The summed E-state index contributed by atoms with van der Waals surface area (Å²) < 4.78 is 32.7. The van der Waals surface area contributed by atoms with E-state index in [0.29, 0.717) is 19.0 Å². The molecular weight excluding hydrogens is 378 g/mol. The third kappa shape index (κ3) is 6.82. The number of para-hydroxylation sites is 1. The molecule has 0 aliphatic heterocycles. The van der Waals surface area contributed by atoms with Crippen LogP contribution >= 0.6 is 0 Å². The highest BCUT2D eigenvalue weighted by molar-refractivity contribution is 7.89. The van der Waals surface area contributed by atoms with Crippen LogP contribution in [0.2, 0.25) is 0 Å². The third-order valence-corrected chi connectivity index (χ3v) is 5.30. The van der Waals surface area contributed by atoms with Crippen LogP contribution in [0.15, 0.2) is 58.7 Å². The van der Waals surface area contributed by atoms with Crippen LogP contribution in [0, 0.1) is 6.92 Å². The lowest BCUT2D eigenvalue weighted by Gasteiger charge is -2.18. The quantitative estimate of drug-likeness (QED) is 0.330. The first-order valence-corrected chi connectivity index (χ1v) is 10.5. The smallest absolute Gasteiger partial charge is 0.242 e. The lowest BCUT2D eigenvalue weighted by atomic mass is 10.2. The van der Waals surface area contributed by atoms with E-state index in [9.17, 15) is 8.42 Å². The maximum Gasteiger partial charge on any atom is 0.242 e. The summed E-state index contributed by atoms with van der Waals surface area (Å²) in [6.07, 6.45) is 2.77. The van der Waals surface area contributed by atoms with Crippen molar-refractivity contribution >= 4 is 16.0 Å².